The molecule has 0 radical (unpaired) electrons. The monoisotopic (exact) mass is 225 g/mol. The van der Waals surface area contributed by atoms with Crippen LogP contribution >= 0.6 is 11.6 Å². The zero-order valence-corrected chi connectivity index (χ0v) is 8.58. The van der Waals surface area contributed by atoms with Crippen LogP contribution in [-0.4, -0.2) is 9.78 Å². The van der Waals surface area contributed by atoms with Gasteiger partial charge in [-0.25, -0.2) is 9.07 Å². The first kappa shape index (κ1) is 10.1. The van der Waals surface area contributed by atoms with E-state index < -0.39 is 0 Å². The van der Waals surface area contributed by atoms with Crippen LogP contribution in [0.4, 0.5) is 4.39 Å². The molecule has 2 rings (SSSR count). The molecule has 0 aliphatic carbocycles. The van der Waals surface area contributed by atoms with Gasteiger partial charge in [-0.15, -0.1) is 0 Å². The molecule has 0 saturated carbocycles. The van der Waals surface area contributed by atoms with E-state index in [4.69, 9.17) is 17.3 Å². The number of hydrogen-bond donors (Lipinski definition) is 1. The third kappa shape index (κ3) is 2.00. The third-order valence-electron chi connectivity index (χ3n) is 2.07. The molecule has 5 heteroatoms. The molecule has 1 aromatic heterocycles. The fraction of sp³-hybridized carbons (Fsp3) is 0.100. The fourth-order valence-electron chi connectivity index (χ4n) is 1.36. The molecule has 0 unspecified atom stereocenters. The topological polar surface area (TPSA) is 43.8 Å². The van der Waals surface area contributed by atoms with Crippen molar-refractivity contribution in [1.82, 2.24) is 9.78 Å². The van der Waals surface area contributed by atoms with Gasteiger partial charge in [0.25, 0.3) is 0 Å². The highest BCUT2D eigenvalue weighted by atomic mass is 35.5. The minimum absolute atomic E-state index is 0.325. The Labute approximate surface area is 91.3 Å². The van der Waals surface area contributed by atoms with Gasteiger partial charge in [-0.05, 0) is 17.7 Å². The Kier molecular flexibility index (Phi) is 2.70. The summed E-state index contributed by atoms with van der Waals surface area (Å²) in [4.78, 5) is 0. The molecule has 1 heterocycles. The van der Waals surface area contributed by atoms with E-state index in [1.165, 1.54) is 23.0 Å². The average molecular weight is 226 g/mol. The van der Waals surface area contributed by atoms with Crippen LogP contribution in [0.5, 0.6) is 0 Å². The molecule has 0 saturated heterocycles. The molecule has 1 aromatic carbocycles. The maximum atomic E-state index is 13.1. The maximum Gasteiger partial charge on any atom is 0.125 e. The van der Waals surface area contributed by atoms with Crippen LogP contribution in [0.15, 0.2) is 30.6 Å². The maximum absolute atomic E-state index is 13.1. The minimum atomic E-state index is -0.325. The summed E-state index contributed by atoms with van der Waals surface area (Å²) in [7, 11) is 0. The fourth-order valence-corrected chi connectivity index (χ4v) is 1.49. The standard InChI is InChI=1S/C10H9ClFN3/c11-8-5-14-15(6-8)10-3-9(12)2-1-7(10)4-13/h1-3,5-6H,4,13H2. The molecule has 0 spiro atoms. The SMILES string of the molecule is NCc1ccc(F)cc1-n1cc(Cl)cn1. The van der Waals surface area contributed by atoms with Gasteiger partial charge in [0.1, 0.15) is 5.82 Å². The van der Waals surface area contributed by atoms with Crippen LogP contribution in [0.25, 0.3) is 5.69 Å². The summed E-state index contributed by atoms with van der Waals surface area (Å²) >= 11 is 5.74. The summed E-state index contributed by atoms with van der Waals surface area (Å²) in [5, 5.41) is 4.50. The molecular formula is C10H9ClFN3. The van der Waals surface area contributed by atoms with Gasteiger partial charge < -0.3 is 5.73 Å². The van der Waals surface area contributed by atoms with E-state index in [2.05, 4.69) is 5.10 Å². The molecule has 0 atom stereocenters. The van der Waals surface area contributed by atoms with Gasteiger partial charge in [0, 0.05) is 12.7 Å². The quantitative estimate of drug-likeness (QED) is 0.851. The van der Waals surface area contributed by atoms with Gasteiger partial charge in [-0.1, -0.05) is 17.7 Å². The second kappa shape index (κ2) is 4.00. The lowest BCUT2D eigenvalue weighted by Gasteiger charge is -2.07. The number of benzene rings is 1. The molecule has 0 aliphatic rings. The Hall–Kier alpha value is -1.39. The first-order valence-corrected chi connectivity index (χ1v) is 4.77. The van der Waals surface area contributed by atoms with Crippen molar-refractivity contribution in [3.05, 3.63) is 47.0 Å². The van der Waals surface area contributed by atoms with E-state index in [1.807, 2.05) is 0 Å². The lowest BCUT2D eigenvalue weighted by Crippen LogP contribution is -2.05. The van der Waals surface area contributed by atoms with Crippen molar-refractivity contribution in [2.45, 2.75) is 6.54 Å². The Morgan fingerprint density at radius 2 is 2.27 bits per heavy atom. The largest absolute Gasteiger partial charge is 0.326 e. The van der Waals surface area contributed by atoms with Gasteiger partial charge in [-0.2, -0.15) is 5.10 Å². The van der Waals surface area contributed by atoms with Crippen molar-refractivity contribution in [2.75, 3.05) is 0 Å². The molecule has 15 heavy (non-hydrogen) atoms. The smallest absolute Gasteiger partial charge is 0.125 e. The first-order valence-electron chi connectivity index (χ1n) is 4.40. The van der Waals surface area contributed by atoms with Gasteiger partial charge in [0.05, 0.1) is 16.9 Å². The Bertz CT molecular complexity index is 481. The van der Waals surface area contributed by atoms with Crippen molar-refractivity contribution in [2.24, 2.45) is 5.73 Å². The highest BCUT2D eigenvalue weighted by Gasteiger charge is 2.06. The third-order valence-corrected chi connectivity index (χ3v) is 2.26. The zero-order chi connectivity index (χ0) is 10.8. The minimum Gasteiger partial charge on any atom is -0.326 e. The predicted octanol–water partition coefficient (Wildman–Crippen LogP) is 2.12. The Morgan fingerprint density at radius 3 is 2.87 bits per heavy atom. The normalized spacial score (nSPS) is 10.6. The molecule has 2 aromatic rings. The Balaban J connectivity index is 2.55. The van der Waals surface area contributed by atoms with Crippen LogP contribution in [0.2, 0.25) is 5.02 Å². The van der Waals surface area contributed by atoms with Crippen molar-refractivity contribution in [1.29, 1.82) is 0 Å². The predicted molar refractivity (Wildman–Crippen MR) is 56.4 cm³/mol. The van der Waals surface area contributed by atoms with Crippen LogP contribution in [0.1, 0.15) is 5.56 Å². The number of nitrogens with zero attached hydrogens (tertiary/aromatic N) is 2. The van der Waals surface area contributed by atoms with Crippen molar-refractivity contribution in [3.63, 3.8) is 0 Å². The number of hydrogen-bond acceptors (Lipinski definition) is 2. The molecule has 0 bridgehead atoms. The van der Waals surface area contributed by atoms with Crippen LogP contribution in [-0.2, 0) is 6.54 Å². The van der Waals surface area contributed by atoms with E-state index in [0.717, 1.165) is 5.56 Å². The molecular weight excluding hydrogens is 217 g/mol. The summed E-state index contributed by atoms with van der Waals surface area (Å²) in [6.07, 6.45) is 3.10. The number of aromatic nitrogens is 2. The molecule has 0 amide bonds. The van der Waals surface area contributed by atoms with E-state index in [-0.39, 0.29) is 5.82 Å². The molecule has 78 valence electrons. The molecule has 3 nitrogen and oxygen atoms in total. The summed E-state index contributed by atoms with van der Waals surface area (Å²) in [6, 6.07) is 4.39. The second-order valence-electron chi connectivity index (χ2n) is 3.08. The van der Waals surface area contributed by atoms with Crippen molar-refractivity contribution >= 4 is 11.6 Å². The van der Waals surface area contributed by atoms with Gasteiger partial charge >= 0.3 is 0 Å². The summed E-state index contributed by atoms with van der Waals surface area (Å²) in [5.74, 6) is -0.325. The summed E-state index contributed by atoms with van der Waals surface area (Å²) in [5.41, 5.74) is 6.98. The highest BCUT2D eigenvalue weighted by molar-refractivity contribution is 6.30. The molecule has 2 N–H and O–H groups in total. The van der Waals surface area contributed by atoms with Gasteiger partial charge in [0.15, 0.2) is 0 Å². The average Bonchev–Trinajstić information content (AvgIpc) is 2.65. The second-order valence-corrected chi connectivity index (χ2v) is 3.52. The molecule has 0 fully saturated rings. The zero-order valence-electron chi connectivity index (χ0n) is 7.82. The van der Waals surface area contributed by atoms with Crippen molar-refractivity contribution in [3.8, 4) is 5.69 Å². The van der Waals surface area contributed by atoms with Gasteiger partial charge in [0.2, 0.25) is 0 Å². The van der Waals surface area contributed by atoms with E-state index in [9.17, 15) is 4.39 Å². The van der Waals surface area contributed by atoms with E-state index >= 15 is 0 Å². The summed E-state index contributed by atoms with van der Waals surface area (Å²) < 4.78 is 14.6. The van der Waals surface area contributed by atoms with Crippen LogP contribution in [0, 0.1) is 5.82 Å². The first-order chi connectivity index (χ1) is 7.20. The van der Waals surface area contributed by atoms with E-state index in [1.54, 1.807) is 12.3 Å². The van der Waals surface area contributed by atoms with E-state index in [0.29, 0.717) is 17.3 Å². The lowest BCUT2D eigenvalue weighted by molar-refractivity contribution is 0.624. The lowest BCUT2D eigenvalue weighted by atomic mass is 10.2. The number of rotatable bonds is 2. The van der Waals surface area contributed by atoms with Crippen LogP contribution < -0.4 is 5.73 Å². The highest BCUT2D eigenvalue weighted by Crippen LogP contribution is 2.17. The van der Waals surface area contributed by atoms with Crippen molar-refractivity contribution < 1.29 is 4.39 Å². The number of halogens is 2. The van der Waals surface area contributed by atoms with Gasteiger partial charge in [-0.3, -0.25) is 0 Å². The molecule has 0 aliphatic heterocycles. The summed E-state index contributed by atoms with van der Waals surface area (Å²) in [6.45, 7) is 0.326. The van der Waals surface area contributed by atoms with Crippen LogP contribution in [0.3, 0.4) is 0 Å². The Morgan fingerprint density at radius 1 is 1.47 bits per heavy atom. The number of nitrogens with two attached hydrogens (primary N) is 1.